The molecule has 3 rings (SSSR count). The minimum Gasteiger partial charge on any atom is -0.351 e. The van der Waals surface area contributed by atoms with E-state index >= 15 is 0 Å². The number of carbonyl (C=O) groups is 2. The predicted molar refractivity (Wildman–Crippen MR) is 81.1 cm³/mol. The quantitative estimate of drug-likeness (QED) is 0.915. The summed E-state index contributed by atoms with van der Waals surface area (Å²) in [6, 6.07) is 9.74. The molecule has 0 bridgehead atoms. The van der Waals surface area contributed by atoms with Crippen molar-refractivity contribution in [3.05, 3.63) is 36.0 Å². The van der Waals surface area contributed by atoms with Crippen molar-refractivity contribution in [2.75, 3.05) is 26.2 Å². The van der Waals surface area contributed by atoms with Crippen LogP contribution in [0.15, 0.2) is 30.3 Å². The number of benzene rings is 1. The van der Waals surface area contributed by atoms with E-state index in [0.29, 0.717) is 38.3 Å². The lowest BCUT2D eigenvalue weighted by Gasteiger charge is -2.34. The summed E-state index contributed by atoms with van der Waals surface area (Å²) in [7, 11) is 0. The third kappa shape index (κ3) is 2.63. The second-order valence-corrected chi connectivity index (χ2v) is 5.30. The van der Waals surface area contributed by atoms with Gasteiger partial charge in [0.25, 0.3) is 5.91 Å². The van der Waals surface area contributed by atoms with Crippen LogP contribution in [0.1, 0.15) is 23.8 Å². The molecule has 1 aromatic heterocycles. The SMILES string of the molecule is CCC(=O)N1CCN(C(=O)c2cc3ccccc3[nH]2)CC1. The first kappa shape index (κ1) is 13.7. The van der Waals surface area contributed by atoms with Crippen LogP contribution in [0, 0.1) is 0 Å². The van der Waals surface area contributed by atoms with Crippen molar-refractivity contribution < 1.29 is 9.59 Å². The topological polar surface area (TPSA) is 56.4 Å². The van der Waals surface area contributed by atoms with Crippen LogP contribution < -0.4 is 0 Å². The van der Waals surface area contributed by atoms with Crippen molar-refractivity contribution in [1.29, 1.82) is 0 Å². The van der Waals surface area contributed by atoms with Crippen molar-refractivity contribution in [3.8, 4) is 0 Å². The normalized spacial score (nSPS) is 15.5. The Hall–Kier alpha value is -2.30. The molecule has 2 amide bonds. The van der Waals surface area contributed by atoms with Crippen LogP contribution in [-0.4, -0.2) is 52.8 Å². The van der Waals surface area contributed by atoms with Gasteiger partial charge in [0.1, 0.15) is 5.69 Å². The van der Waals surface area contributed by atoms with E-state index in [4.69, 9.17) is 0 Å². The lowest BCUT2D eigenvalue weighted by Crippen LogP contribution is -2.50. The standard InChI is InChI=1S/C16H19N3O2/c1-2-15(20)18-7-9-19(10-8-18)16(21)14-11-12-5-3-4-6-13(12)17-14/h3-6,11,17H,2,7-10H2,1H3. The maximum absolute atomic E-state index is 12.5. The number of hydrogen-bond acceptors (Lipinski definition) is 2. The zero-order valence-corrected chi connectivity index (χ0v) is 12.1. The number of aromatic amines is 1. The number of hydrogen-bond donors (Lipinski definition) is 1. The highest BCUT2D eigenvalue weighted by atomic mass is 16.2. The van der Waals surface area contributed by atoms with Gasteiger partial charge in [-0.2, -0.15) is 0 Å². The fourth-order valence-electron chi connectivity index (χ4n) is 2.74. The fourth-order valence-corrected chi connectivity index (χ4v) is 2.74. The van der Waals surface area contributed by atoms with Crippen molar-refractivity contribution in [1.82, 2.24) is 14.8 Å². The highest BCUT2D eigenvalue weighted by Gasteiger charge is 2.24. The molecule has 1 aromatic carbocycles. The molecule has 0 radical (unpaired) electrons. The number of piperazine rings is 1. The van der Waals surface area contributed by atoms with Crippen LogP contribution in [-0.2, 0) is 4.79 Å². The molecule has 0 atom stereocenters. The second kappa shape index (κ2) is 5.60. The van der Waals surface area contributed by atoms with E-state index in [-0.39, 0.29) is 11.8 Å². The lowest BCUT2D eigenvalue weighted by atomic mass is 10.2. The monoisotopic (exact) mass is 285 g/mol. The third-order valence-corrected chi connectivity index (χ3v) is 3.98. The highest BCUT2D eigenvalue weighted by Crippen LogP contribution is 2.17. The molecule has 1 aliphatic rings. The Morgan fingerprint density at radius 2 is 1.76 bits per heavy atom. The lowest BCUT2D eigenvalue weighted by molar-refractivity contribution is -0.132. The van der Waals surface area contributed by atoms with Gasteiger partial charge in [0.2, 0.25) is 5.91 Å². The van der Waals surface area contributed by atoms with Crippen molar-refractivity contribution in [2.45, 2.75) is 13.3 Å². The first-order valence-corrected chi connectivity index (χ1v) is 7.34. The van der Waals surface area contributed by atoms with E-state index < -0.39 is 0 Å². The number of aromatic nitrogens is 1. The Bertz CT molecular complexity index is 636. The van der Waals surface area contributed by atoms with E-state index in [1.807, 2.05) is 47.1 Å². The van der Waals surface area contributed by atoms with E-state index in [2.05, 4.69) is 4.98 Å². The molecule has 0 unspecified atom stereocenters. The number of nitrogens with one attached hydrogen (secondary N) is 1. The van der Waals surface area contributed by atoms with Crippen LogP contribution >= 0.6 is 0 Å². The Labute approximate surface area is 123 Å². The second-order valence-electron chi connectivity index (χ2n) is 5.30. The predicted octanol–water partition coefficient (Wildman–Crippen LogP) is 1.86. The minimum absolute atomic E-state index is 0.00907. The fraction of sp³-hybridized carbons (Fsp3) is 0.375. The zero-order valence-electron chi connectivity index (χ0n) is 12.1. The molecule has 2 heterocycles. The van der Waals surface area contributed by atoms with Gasteiger partial charge in [-0.15, -0.1) is 0 Å². The summed E-state index contributed by atoms with van der Waals surface area (Å²) < 4.78 is 0. The Balaban J connectivity index is 1.70. The van der Waals surface area contributed by atoms with Gasteiger partial charge < -0.3 is 14.8 Å². The number of rotatable bonds is 2. The molecule has 5 nitrogen and oxygen atoms in total. The summed E-state index contributed by atoms with van der Waals surface area (Å²) in [6.45, 7) is 4.31. The molecule has 0 spiro atoms. The van der Waals surface area contributed by atoms with Gasteiger partial charge in [-0.25, -0.2) is 0 Å². The molecule has 5 heteroatoms. The highest BCUT2D eigenvalue weighted by molar-refractivity contribution is 5.98. The average molecular weight is 285 g/mol. The van der Waals surface area contributed by atoms with Gasteiger partial charge in [0.15, 0.2) is 0 Å². The first-order valence-electron chi connectivity index (χ1n) is 7.34. The molecule has 21 heavy (non-hydrogen) atoms. The van der Waals surface area contributed by atoms with E-state index in [1.54, 1.807) is 0 Å². The molecule has 0 aliphatic carbocycles. The maximum atomic E-state index is 12.5. The Morgan fingerprint density at radius 3 is 2.43 bits per heavy atom. The van der Waals surface area contributed by atoms with E-state index in [9.17, 15) is 9.59 Å². The molecule has 0 saturated carbocycles. The molecular weight excluding hydrogens is 266 g/mol. The van der Waals surface area contributed by atoms with Gasteiger partial charge in [-0.1, -0.05) is 25.1 Å². The van der Waals surface area contributed by atoms with Gasteiger partial charge in [-0.3, -0.25) is 9.59 Å². The summed E-state index contributed by atoms with van der Waals surface area (Å²) in [4.78, 5) is 31.0. The smallest absolute Gasteiger partial charge is 0.270 e. The van der Waals surface area contributed by atoms with E-state index in [1.165, 1.54) is 0 Å². The van der Waals surface area contributed by atoms with Crippen molar-refractivity contribution in [3.63, 3.8) is 0 Å². The molecular formula is C16H19N3O2. The summed E-state index contributed by atoms with van der Waals surface area (Å²) in [5, 5.41) is 1.04. The van der Waals surface area contributed by atoms with Crippen LogP contribution in [0.25, 0.3) is 10.9 Å². The summed E-state index contributed by atoms with van der Waals surface area (Å²) in [6.07, 6.45) is 0.524. The largest absolute Gasteiger partial charge is 0.351 e. The molecule has 2 aromatic rings. The summed E-state index contributed by atoms with van der Waals surface area (Å²) >= 11 is 0. The van der Waals surface area contributed by atoms with Gasteiger partial charge >= 0.3 is 0 Å². The number of nitrogens with zero attached hydrogens (tertiary/aromatic N) is 2. The van der Waals surface area contributed by atoms with E-state index in [0.717, 1.165) is 10.9 Å². The van der Waals surface area contributed by atoms with Crippen molar-refractivity contribution in [2.24, 2.45) is 0 Å². The molecule has 110 valence electrons. The van der Waals surface area contributed by atoms with Crippen LogP contribution in [0.4, 0.5) is 0 Å². The van der Waals surface area contributed by atoms with Gasteiger partial charge in [-0.05, 0) is 12.1 Å². The summed E-state index contributed by atoms with van der Waals surface area (Å²) in [5.41, 5.74) is 1.59. The number of amides is 2. The molecule has 1 saturated heterocycles. The Morgan fingerprint density at radius 1 is 1.10 bits per heavy atom. The number of carbonyl (C=O) groups excluding carboxylic acids is 2. The summed E-state index contributed by atoms with van der Waals surface area (Å²) in [5.74, 6) is 0.169. The number of para-hydroxylation sites is 1. The average Bonchev–Trinajstić information content (AvgIpc) is 2.97. The molecule has 1 aliphatic heterocycles. The van der Waals surface area contributed by atoms with Crippen molar-refractivity contribution >= 4 is 22.7 Å². The number of fused-ring (bicyclic) bond motifs is 1. The Kier molecular flexibility index (Phi) is 3.64. The number of H-pyrrole nitrogens is 1. The zero-order chi connectivity index (χ0) is 14.8. The minimum atomic E-state index is 0.00907. The molecule has 1 fully saturated rings. The van der Waals surface area contributed by atoms with Crippen LogP contribution in [0.3, 0.4) is 0 Å². The van der Waals surface area contributed by atoms with Crippen LogP contribution in [0.5, 0.6) is 0 Å². The molecule has 1 N–H and O–H groups in total. The van der Waals surface area contributed by atoms with Gasteiger partial charge in [0.05, 0.1) is 0 Å². The third-order valence-electron chi connectivity index (χ3n) is 3.98. The maximum Gasteiger partial charge on any atom is 0.270 e. The first-order chi connectivity index (χ1) is 10.2. The van der Waals surface area contributed by atoms with Gasteiger partial charge in [0, 0.05) is 43.5 Å². The van der Waals surface area contributed by atoms with Crippen LogP contribution in [0.2, 0.25) is 0 Å².